The fourth-order valence-corrected chi connectivity index (χ4v) is 2.91. The second-order valence-corrected chi connectivity index (χ2v) is 5.11. The molecule has 1 fully saturated rings. The predicted molar refractivity (Wildman–Crippen MR) is 62.9 cm³/mol. The lowest BCUT2D eigenvalue weighted by Gasteiger charge is -1.99. The van der Waals surface area contributed by atoms with E-state index < -0.39 is 0 Å². The fraction of sp³-hybridized carbons (Fsp3) is 0.385. The van der Waals surface area contributed by atoms with Gasteiger partial charge in [0.25, 0.3) is 0 Å². The average molecular weight is 200 g/mol. The summed E-state index contributed by atoms with van der Waals surface area (Å²) < 4.78 is 0. The Hall–Kier alpha value is -0.823. The first-order valence-electron chi connectivity index (χ1n) is 5.43. The van der Waals surface area contributed by atoms with Crippen molar-refractivity contribution in [1.82, 2.24) is 0 Å². The number of allylic oxidation sites excluding steroid dienone is 1. The van der Waals surface area contributed by atoms with Gasteiger partial charge in [0, 0.05) is 0 Å². The van der Waals surface area contributed by atoms with Crippen molar-refractivity contribution in [2.24, 2.45) is 5.92 Å². The molecule has 0 saturated heterocycles. The molecule has 0 bridgehead atoms. The van der Waals surface area contributed by atoms with E-state index in [4.69, 9.17) is 0 Å². The molecule has 2 rings (SSSR count). The Morgan fingerprint density at radius 1 is 1.07 bits per heavy atom. The van der Waals surface area contributed by atoms with Gasteiger partial charge in [-0.25, -0.2) is 0 Å². The van der Waals surface area contributed by atoms with Crippen LogP contribution in [0.25, 0.3) is 0 Å². The SMILES string of the molecule is C(=C/C1CCCC1)/[Si]c1ccccc1. The molecule has 2 radical (unpaired) electrons. The second-order valence-electron chi connectivity index (χ2n) is 3.91. The standard InChI is InChI=1S/C13H16Si/c1-2-8-13(9-3-1)14-11-10-12-6-4-5-7-12/h1-3,8-12H,4-7H2/b11-10-. The van der Waals surface area contributed by atoms with E-state index in [1.807, 2.05) is 0 Å². The summed E-state index contributed by atoms with van der Waals surface area (Å²) in [4.78, 5) is 0. The zero-order valence-corrected chi connectivity index (χ0v) is 9.45. The highest BCUT2D eigenvalue weighted by atomic mass is 28.2. The molecule has 0 amide bonds. The summed E-state index contributed by atoms with van der Waals surface area (Å²) in [6.45, 7) is 0. The maximum atomic E-state index is 2.43. The van der Waals surface area contributed by atoms with Crippen LogP contribution in [-0.2, 0) is 0 Å². The molecule has 1 aliphatic rings. The summed E-state index contributed by atoms with van der Waals surface area (Å²) in [5, 5.41) is 1.45. The fourth-order valence-electron chi connectivity index (χ4n) is 1.96. The number of benzene rings is 1. The van der Waals surface area contributed by atoms with Crippen molar-refractivity contribution in [3.05, 3.63) is 42.1 Å². The molecule has 1 aliphatic carbocycles. The molecule has 1 aromatic rings. The van der Waals surface area contributed by atoms with Gasteiger partial charge in [0.15, 0.2) is 0 Å². The Labute approximate surface area is 88.9 Å². The van der Waals surface area contributed by atoms with E-state index in [-0.39, 0.29) is 0 Å². The van der Waals surface area contributed by atoms with Gasteiger partial charge in [0.1, 0.15) is 9.52 Å². The van der Waals surface area contributed by atoms with Crippen LogP contribution in [0.5, 0.6) is 0 Å². The summed E-state index contributed by atoms with van der Waals surface area (Å²) >= 11 is 0. The molecule has 0 atom stereocenters. The Bertz CT molecular complexity index is 283. The molecule has 0 heterocycles. The highest BCUT2D eigenvalue weighted by molar-refractivity contribution is 6.58. The summed E-state index contributed by atoms with van der Waals surface area (Å²) in [5.74, 6) is 0.881. The first kappa shape index (κ1) is 9.72. The highest BCUT2D eigenvalue weighted by Gasteiger charge is 2.10. The van der Waals surface area contributed by atoms with Crippen molar-refractivity contribution < 1.29 is 0 Å². The molecule has 0 aliphatic heterocycles. The molecule has 1 saturated carbocycles. The Morgan fingerprint density at radius 2 is 1.79 bits per heavy atom. The van der Waals surface area contributed by atoms with Gasteiger partial charge >= 0.3 is 0 Å². The summed E-state index contributed by atoms with van der Waals surface area (Å²) in [6.07, 6.45) is 8.12. The molecule has 14 heavy (non-hydrogen) atoms. The van der Waals surface area contributed by atoms with E-state index in [2.05, 4.69) is 42.1 Å². The van der Waals surface area contributed by atoms with Gasteiger partial charge in [-0.15, -0.1) is 0 Å². The molecule has 1 aromatic carbocycles. The van der Waals surface area contributed by atoms with E-state index in [9.17, 15) is 0 Å². The van der Waals surface area contributed by atoms with Crippen molar-refractivity contribution in [2.75, 3.05) is 0 Å². The number of hydrogen-bond donors (Lipinski definition) is 0. The van der Waals surface area contributed by atoms with Crippen LogP contribution in [0.1, 0.15) is 25.7 Å². The average Bonchev–Trinajstić information content (AvgIpc) is 2.72. The lowest BCUT2D eigenvalue weighted by Crippen LogP contribution is -2.10. The summed E-state index contributed by atoms with van der Waals surface area (Å²) in [5.41, 5.74) is 2.37. The van der Waals surface area contributed by atoms with E-state index in [1.54, 1.807) is 0 Å². The third kappa shape index (κ3) is 2.84. The molecule has 1 heteroatoms. The first-order chi connectivity index (χ1) is 6.95. The monoisotopic (exact) mass is 200 g/mol. The van der Waals surface area contributed by atoms with Crippen LogP contribution in [0, 0.1) is 5.92 Å². The minimum Gasteiger partial charge on any atom is -0.0970 e. The van der Waals surface area contributed by atoms with Gasteiger partial charge in [0.05, 0.1) is 0 Å². The smallest absolute Gasteiger partial charge is 0.0970 e. The zero-order valence-electron chi connectivity index (χ0n) is 8.45. The van der Waals surface area contributed by atoms with Gasteiger partial charge in [-0.3, -0.25) is 0 Å². The van der Waals surface area contributed by atoms with Crippen molar-refractivity contribution in [3.63, 3.8) is 0 Å². The molecular formula is C13H16Si. The number of hydrogen-bond acceptors (Lipinski definition) is 0. The van der Waals surface area contributed by atoms with Crippen LogP contribution in [0.15, 0.2) is 42.1 Å². The minimum absolute atomic E-state index is 0.851. The zero-order chi connectivity index (χ0) is 9.64. The van der Waals surface area contributed by atoms with E-state index in [0.717, 1.165) is 15.4 Å². The maximum absolute atomic E-state index is 2.43. The van der Waals surface area contributed by atoms with Gasteiger partial charge < -0.3 is 0 Å². The van der Waals surface area contributed by atoms with Gasteiger partial charge in [0.2, 0.25) is 0 Å². The third-order valence-corrected chi connectivity index (χ3v) is 3.82. The predicted octanol–water partition coefficient (Wildman–Crippen LogP) is 2.72. The summed E-state index contributed by atoms with van der Waals surface area (Å²) in [6, 6.07) is 10.7. The van der Waals surface area contributed by atoms with Gasteiger partial charge in [-0.05, 0) is 18.8 Å². The molecule has 0 N–H and O–H groups in total. The molecule has 0 nitrogen and oxygen atoms in total. The van der Waals surface area contributed by atoms with Gasteiger partial charge in [-0.1, -0.05) is 60.1 Å². The maximum Gasteiger partial charge on any atom is 0.111 e. The Kier molecular flexibility index (Phi) is 3.58. The largest absolute Gasteiger partial charge is 0.111 e. The van der Waals surface area contributed by atoms with Crippen molar-refractivity contribution in [1.29, 1.82) is 0 Å². The lowest BCUT2D eigenvalue weighted by atomic mass is 10.1. The van der Waals surface area contributed by atoms with E-state index in [0.29, 0.717) is 0 Å². The Morgan fingerprint density at radius 3 is 2.50 bits per heavy atom. The van der Waals surface area contributed by atoms with Crippen LogP contribution in [0.4, 0.5) is 0 Å². The van der Waals surface area contributed by atoms with Gasteiger partial charge in [-0.2, -0.15) is 0 Å². The highest BCUT2D eigenvalue weighted by Crippen LogP contribution is 2.25. The number of rotatable bonds is 3. The van der Waals surface area contributed by atoms with E-state index in [1.165, 1.54) is 30.9 Å². The minimum atomic E-state index is 0.851. The molecule has 0 unspecified atom stereocenters. The molecular weight excluding hydrogens is 184 g/mol. The van der Waals surface area contributed by atoms with Crippen molar-refractivity contribution >= 4 is 14.7 Å². The van der Waals surface area contributed by atoms with Crippen molar-refractivity contribution in [2.45, 2.75) is 25.7 Å². The van der Waals surface area contributed by atoms with Crippen LogP contribution in [0.2, 0.25) is 0 Å². The lowest BCUT2D eigenvalue weighted by molar-refractivity contribution is 0.687. The van der Waals surface area contributed by atoms with Crippen LogP contribution >= 0.6 is 0 Å². The third-order valence-electron chi connectivity index (χ3n) is 2.79. The van der Waals surface area contributed by atoms with Crippen LogP contribution in [0.3, 0.4) is 0 Å². The molecule has 0 aromatic heterocycles. The summed E-state index contributed by atoms with van der Waals surface area (Å²) in [7, 11) is 0.851. The molecule has 72 valence electrons. The van der Waals surface area contributed by atoms with Crippen LogP contribution in [-0.4, -0.2) is 9.52 Å². The Balaban J connectivity index is 1.81. The normalized spacial score (nSPS) is 18.0. The topological polar surface area (TPSA) is 0 Å². The van der Waals surface area contributed by atoms with Crippen LogP contribution < -0.4 is 5.19 Å². The molecule has 0 spiro atoms. The second kappa shape index (κ2) is 5.16. The quantitative estimate of drug-likeness (QED) is 0.658. The van der Waals surface area contributed by atoms with Crippen molar-refractivity contribution in [3.8, 4) is 0 Å². The van der Waals surface area contributed by atoms with E-state index >= 15 is 0 Å². The first-order valence-corrected chi connectivity index (χ1v) is 6.51.